The van der Waals surface area contributed by atoms with Crippen molar-refractivity contribution in [3.8, 4) is 11.8 Å². The third-order valence-corrected chi connectivity index (χ3v) is 4.08. The molecule has 0 unspecified atom stereocenters. The highest BCUT2D eigenvalue weighted by Gasteiger charge is 2.11. The Hall–Kier alpha value is -2.36. The Kier molecular flexibility index (Phi) is 4.58. The second kappa shape index (κ2) is 6.39. The maximum atomic E-state index is 11.9. The molecule has 1 aromatic heterocycles. The quantitative estimate of drug-likeness (QED) is 0.530. The molecule has 2 rings (SSSR count). The Morgan fingerprint density at radius 3 is 2.57 bits per heavy atom. The Labute approximate surface area is 123 Å². The average Bonchev–Trinajstić information content (AvgIpc) is 2.98. The molecule has 1 aromatic carbocycles. The van der Waals surface area contributed by atoms with Crippen LogP contribution in [0.15, 0.2) is 52.2 Å². The lowest BCUT2D eigenvalue weighted by Crippen LogP contribution is -2.24. The molecule has 1 heterocycles. The first-order valence-corrected chi connectivity index (χ1v) is 7.59. The van der Waals surface area contributed by atoms with E-state index in [-0.39, 0.29) is 11.4 Å². The van der Waals surface area contributed by atoms with Crippen LogP contribution < -0.4 is 4.72 Å². The first kappa shape index (κ1) is 15.0. The average molecular weight is 303 g/mol. The predicted octanol–water partition coefficient (Wildman–Crippen LogP) is 1.75. The maximum absolute atomic E-state index is 11.9. The molecule has 0 aliphatic rings. The molecule has 108 valence electrons. The number of nitrogens with one attached hydrogen (secondary N) is 1. The van der Waals surface area contributed by atoms with Crippen molar-refractivity contribution in [2.45, 2.75) is 11.8 Å². The summed E-state index contributed by atoms with van der Waals surface area (Å²) in [7, 11) is -3.61. The number of ketones is 1. The number of rotatable bonds is 4. The minimum absolute atomic E-state index is 0.139. The van der Waals surface area contributed by atoms with Gasteiger partial charge in [0.05, 0.1) is 23.3 Å². The summed E-state index contributed by atoms with van der Waals surface area (Å²) in [6, 6.07) is 7.95. The molecule has 2 aromatic rings. The van der Waals surface area contributed by atoms with Crippen LogP contribution in [0, 0.1) is 18.8 Å². The first-order valence-electron chi connectivity index (χ1n) is 6.11. The SMILES string of the molecule is Cc1ccc(S(=O)(=O)NCC#CC(=O)c2ccoc2)cc1. The topological polar surface area (TPSA) is 76.4 Å². The molecule has 21 heavy (non-hydrogen) atoms. The van der Waals surface area contributed by atoms with Crippen molar-refractivity contribution in [1.29, 1.82) is 0 Å². The molecule has 0 aliphatic heterocycles. The van der Waals surface area contributed by atoms with E-state index in [1.54, 1.807) is 12.1 Å². The van der Waals surface area contributed by atoms with Crippen molar-refractivity contribution in [3.05, 3.63) is 54.0 Å². The van der Waals surface area contributed by atoms with E-state index in [0.29, 0.717) is 5.56 Å². The number of Topliss-reactive ketones (excluding diaryl/α,β-unsaturated/α-hetero) is 1. The molecule has 0 bridgehead atoms. The molecule has 0 spiro atoms. The number of benzene rings is 1. The Morgan fingerprint density at radius 1 is 1.24 bits per heavy atom. The molecule has 0 atom stereocenters. The van der Waals surface area contributed by atoms with Crippen molar-refractivity contribution in [2.75, 3.05) is 6.54 Å². The van der Waals surface area contributed by atoms with Crippen LogP contribution in [-0.4, -0.2) is 20.7 Å². The van der Waals surface area contributed by atoms with E-state index >= 15 is 0 Å². The van der Waals surface area contributed by atoms with E-state index in [1.165, 1.54) is 30.7 Å². The van der Waals surface area contributed by atoms with E-state index in [4.69, 9.17) is 4.42 Å². The molecule has 0 fully saturated rings. The fraction of sp³-hybridized carbons (Fsp3) is 0.133. The molecule has 0 aliphatic carbocycles. The molecule has 0 saturated carbocycles. The smallest absolute Gasteiger partial charge is 0.241 e. The van der Waals surface area contributed by atoms with Gasteiger partial charge in [0.25, 0.3) is 0 Å². The molecule has 5 nitrogen and oxygen atoms in total. The van der Waals surface area contributed by atoms with Crippen LogP contribution in [0.3, 0.4) is 0 Å². The van der Waals surface area contributed by atoms with Gasteiger partial charge in [-0.05, 0) is 31.0 Å². The Balaban J connectivity index is 1.97. The van der Waals surface area contributed by atoms with Crippen molar-refractivity contribution in [3.63, 3.8) is 0 Å². The molecule has 0 saturated heterocycles. The van der Waals surface area contributed by atoms with Gasteiger partial charge in [0, 0.05) is 0 Å². The van der Waals surface area contributed by atoms with Gasteiger partial charge >= 0.3 is 0 Å². The molecular formula is C15H13NO4S. The molecule has 6 heteroatoms. The Morgan fingerprint density at radius 2 is 1.95 bits per heavy atom. The fourth-order valence-electron chi connectivity index (χ4n) is 1.52. The van der Waals surface area contributed by atoms with Crippen molar-refractivity contribution >= 4 is 15.8 Å². The van der Waals surface area contributed by atoms with Gasteiger partial charge in [0.15, 0.2) is 0 Å². The highest BCUT2D eigenvalue weighted by molar-refractivity contribution is 7.89. The van der Waals surface area contributed by atoms with Crippen LogP contribution in [0.4, 0.5) is 0 Å². The first-order chi connectivity index (χ1) is 9.99. The lowest BCUT2D eigenvalue weighted by molar-refractivity contribution is 0.105. The second-order valence-electron chi connectivity index (χ2n) is 4.28. The summed E-state index contributed by atoms with van der Waals surface area (Å²) < 4.78 is 31.0. The zero-order valence-electron chi connectivity index (χ0n) is 11.3. The Bertz CT molecular complexity index is 778. The molecule has 1 N–H and O–H groups in total. The zero-order valence-corrected chi connectivity index (χ0v) is 12.1. The molecular weight excluding hydrogens is 290 g/mol. The number of furan rings is 1. The number of hydrogen-bond acceptors (Lipinski definition) is 4. The highest BCUT2D eigenvalue weighted by atomic mass is 32.2. The largest absolute Gasteiger partial charge is 0.472 e. The normalized spacial score (nSPS) is 10.7. The van der Waals surface area contributed by atoms with Crippen molar-refractivity contribution in [2.24, 2.45) is 0 Å². The zero-order chi connectivity index (χ0) is 15.3. The van der Waals surface area contributed by atoms with Crippen molar-refractivity contribution in [1.82, 2.24) is 4.72 Å². The van der Waals surface area contributed by atoms with Crippen LogP contribution in [0.1, 0.15) is 15.9 Å². The van der Waals surface area contributed by atoms with Gasteiger partial charge in [-0.1, -0.05) is 23.6 Å². The van der Waals surface area contributed by atoms with Gasteiger partial charge in [0.2, 0.25) is 15.8 Å². The van der Waals surface area contributed by atoms with Gasteiger partial charge < -0.3 is 4.42 Å². The summed E-state index contributed by atoms with van der Waals surface area (Å²) in [4.78, 5) is 11.7. The molecule has 0 radical (unpaired) electrons. The third kappa shape index (κ3) is 4.05. The van der Waals surface area contributed by atoms with E-state index in [2.05, 4.69) is 16.6 Å². The highest BCUT2D eigenvalue weighted by Crippen LogP contribution is 2.09. The summed E-state index contributed by atoms with van der Waals surface area (Å²) in [5.74, 6) is 4.40. The second-order valence-corrected chi connectivity index (χ2v) is 6.05. The number of sulfonamides is 1. The number of carbonyl (C=O) groups is 1. The third-order valence-electron chi connectivity index (χ3n) is 2.67. The van der Waals surface area contributed by atoms with E-state index in [9.17, 15) is 13.2 Å². The standard InChI is InChI=1S/C15H13NO4S/c1-12-4-6-14(7-5-12)21(18,19)16-9-2-3-15(17)13-8-10-20-11-13/h4-8,10-11,16H,9H2,1H3. The van der Waals surface area contributed by atoms with Crippen LogP contribution >= 0.6 is 0 Å². The van der Waals surface area contributed by atoms with Crippen molar-refractivity contribution < 1.29 is 17.6 Å². The minimum atomic E-state index is -3.61. The van der Waals surface area contributed by atoms with Crippen LogP contribution in [0.25, 0.3) is 0 Å². The van der Waals surface area contributed by atoms with E-state index in [1.807, 2.05) is 6.92 Å². The van der Waals surface area contributed by atoms with Crippen LogP contribution in [0.2, 0.25) is 0 Å². The van der Waals surface area contributed by atoms with Crippen LogP contribution in [-0.2, 0) is 10.0 Å². The minimum Gasteiger partial charge on any atom is -0.472 e. The lowest BCUT2D eigenvalue weighted by atomic mass is 10.2. The van der Waals surface area contributed by atoms with Gasteiger partial charge in [-0.3, -0.25) is 4.79 Å². The predicted molar refractivity (Wildman–Crippen MR) is 77.2 cm³/mol. The van der Waals surface area contributed by atoms with E-state index < -0.39 is 15.8 Å². The fourth-order valence-corrected chi connectivity index (χ4v) is 2.45. The van der Waals surface area contributed by atoms with E-state index in [0.717, 1.165) is 5.56 Å². The maximum Gasteiger partial charge on any atom is 0.241 e. The monoisotopic (exact) mass is 303 g/mol. The molecule has 0 amide bonds. The van der Waals surface area contributed by atoms with Gasteiger partial charge in [-0.15, -0.1) is 0 Å². The number of aryl methyl sites for hydroxylation is 1. The van der Waals surface area contributed by atoms with Gasteiger partial charge in [-0.25, -0.2) is 8.42 Å². The van der Waals surface area contributed by atoms with Gasteiger partial charge in [0.1, 0.15) is 6.26 Å². The number of hydrogen-bond donors (Lipinski definition) is 1. The summed E-state index contributed by atoms with van der Waals surface area (Å²) in [6.07, 6.45) is 2.66. The van der Waals surface area contributed by atoms with Crippen LogP contribution in [0.5, 0.6) is 0 Å². The number of carbonyl (C=O) groups excluding carboxylic acids is 1. The summed E-state index contributed by atoms with van der Waals surface area (Å²) in [5, 5.41) is 0. The van der Waals surface area contributed by atoms with Gasteiger partial charge in [-0.2, -0.15) is 4.72 Å². The summed E-state index contributed by atoms with van der Waals surface area (Å²) in [5.41, 5.74) is 1.31. The summed E-state index contributed by atoms with van der Waals surface area (Å²) >= 11 is 0. The lowest BCUT2D eigenvalue weighted by Gasteiger charge is -2.03. The summed E-state index contributed by atoms with van der Waals surface area (Å²) in [6.45, 7) is 1.73.